The summed E-state index contributed by atoms with van der Waals surface area (Å²) in [6.07, 6.45) is 2.78. The molecule has 6 rings (SSSR count). The number of sulfonamides is 1. The fourth-order valence-corrected chi connectivity index (χ4v) is 8.70. The molecular weight excluding hydrogens is 601 g/mol. The Labute approximate surface area is 258 Å². The molecule has 3 heterocycles. The van der Waals surface area contributed by atoms with E-state index in [-0.39, 0.29) is 22.1 Å². The molecule has 1 N–H and O–H groups in total. The van der Waals surface area contributed by atoms with Gasteiger partial charge < -0.3 is 5.32 Å². The number of anilines is 1. The van der Waals surface area contributed by atoms with E-state index in [1.807, 2.05) is 67.6 Å². The molecule has 220 valence electrons. The minimum Gasteiger partial charge on any atom is -0.325 e. The van der Waals surface area contributed by atoms with Crippen LogP contribution in [-0.2, 0) is 14.8 Å². The predicted octanol–water partition coefficient (Wildman–Crippen LogP) is 6.33. The van der Waals surface area contributed by atoms with Crippen LogP contribution in [0.1, 0.15) is 24.1 Å². The molecule has 0 radical (unpaired) electrons. The molecular formula is C32H30N4O4S3. The predicted molar refractivity (Wildman–Crippen MR) is 174 cm³/mol. The van der Waals surface area contributed by atoms with Crippen LogP contribution in [0.4, 0.5) is 5.69 Å². The van der Waals surface area contributed by atoms with Crippen molar-refractivity contribution in [1.82, 2.24) is 13.9 Å². The number of thioether (sulfide) groups is 1. The number of rotatable bonds is 8. The summed E-state index contributed by atoms with van der Waals surface area (Å²) in [5.41, 5.74) is 2.81. The number of nitrogens with zero attached hydrogens (tertiary/aromatic N) is 3. The minimum absolute atomic E-state index is 0.00844. The van der Waals surface area contributed by atoms with Crippen molar-refractivity contribution >= 4 is 54.9 Å². The summed E-state index contributed by atoms with van der Waals surface area (Å²) in [7, 11) is -3.55. The van der Waals surface area contributed by atoms with Crippen molar-refractivity contribution in [3.05, 3.63) is 100 Å². The van der Waals surface area contributed by atoms with Crippen LogP contribution in [0.15, 0.2) is 99.8 Å². The molecule has 1 saturated heterocycles. The highest BCUT2D eigenvalue weighted by molar-refractivity contribution is 7.99. The van der Waals surface area contributed by atoms with Crippen molar-refractivity contribution in [1.29, 1.82) is 0 Å². The molecule has 0 spiro atoms. The highest BCUT2D eigenvalue weighted by atomic mass is 32.2. The molecule has 43 heavy (non-hydrogen) atoms. The van der Waals surface area contributed by atoms with Crippen LogP contribution in [0.25, 0.3) is 27.0 Å². The molecule has 8 nitrogen and oxygen atoms in total. The van der Waals surface area contributed by atoms with Crippen molar-refractivity contribution in [3.8, 4) is 16.8 Å². The number of hydrogen-bond acceptors (Lipinski definition) is 7. The van der Waals surface area contributed by atoms with Crippen LogP contribution in [0.5, 0.6) is 0 Å². The van der Waals surface area contributed by atoms with Crippen LogP contribution in [0.2, 0.25) is 0 Å². The number of fused-ring (bicyclic) bond motifs is 1. The largest absolute Gasteiger partial charge is 0.325 e. The fourth-order valence-electron chi connectivity index (χ4n) is 5.29. The Balaban J connectivity index is 1.25. The highest BCUT2D eigenvalue weighted by Gasteiger charge is 2.26. The summed E-state index contributed by atoms with van der Waals surface area (Å²) in [6.45, 7) is 3.05. The van der Waals surface area contributed by atoms with Crippen molar-refractivity contribution in [2.75, 3.05) is 24.2 Å². The lowest BCUT2D eigenvalue weighted by Gasteiger charge is -2.25. The van der Waals surface area contributed by atoms with Gasteiger partial charge in [0.25, 0.3) is 5.56 Å². The molecule has 0 saturated carbocycles. The lowest BCUT2D eigenvalue weighted by molar-refractivity contribution is -0.113. The average Bonchev–Trinajstić information content (AvgIpc) is 3.37. The van der Waals surface area contributed by atoms with Gasteiger partial charge in [0.1, 0.15) is 4.83 Å². The summed E-state index contributed by atoms with van der Waals surface area (Å²) in [6, 6.07) is 25.4. The second-order valence-corrected chi connectivity index (χ2v) is 14.4. The number of thiophene rings is 1. The Morgan fingerprint density at radius 3 is 2.26 bits per heavy atom. The first-order valence-corrected chi connectivity index (χ1v) is 17.3. The van der Waals surface area contributed by atoms with Crippen molar-refractivity contribution in [3.63, 3.8) is 0 Å². The van der Waals surface area contributed by atoms with E-state index in [1.54, 1.807) is 16.7 Å². The minimum atomic E-state index is -3.55. The van der Waals surface area contributed by atoms with Gasteiger partial charge in [-0.15, -0.1) is 11.3 Å². The van der Waals surface area contributed by atoms with E-state index in [1.165, 1.54) is 39.5 Å². The number of carbonyl (C=O) groups excluding carboxylic acids is 1. The summed E-state index contributed by atoms with van der Waals surface area (Å²) in [4.78, 5) is 33.8. The van der Waals surface area contributed by atoms with Crippen LogP contribution in [0.3, 0.4) is 0 Å². The molecule has 0 bridgehead atoms. The summed E-state index contributed by atoms with van der Waals surface area (Å²) >= 11 is 2.64. The molecule has 1 amide bonds. The number of benzene rings is 3. The smallest absolute Gasteiger partial charge is 0.268 e. The quantitative estimate of drug-likeness (QED) is 0.159. The molecule has 11 heteroatoms. The Kier molecular flexibility index (Phi) is 8.49. The number of aryl methyl sites for hydroxylation is 1. The third-order valence-electron chi connectivity index (χ3n) is 7.37. The Bertz CT molecular complexity index is 1930. The number of carbonyl (C=O) groups is 1. The molecule has 1 aliphatic rings. The van der Waals surface area contributed by atoms with Gasteiger partial charge >= 0.3 is 0 Å². The van der Waals surface area contributed by atoms with Crippen molar-refractivity contribution < 1.29 is 13.2 Å². The zero-order valence-corrected chi connectivity index (χ0v) is 26.0. The molecule has 1 fully saturated rings. The standard InChI is InChI=1S/C32H30N4O4S3/c1-22-28(23-11-5-2-6-12-23)29-30(42-22)34-32(36(31(29)38)25-13-7-3-8-14-25)41-21-27(37)33-24-15-17-26(18-16-24)43(39,40)35-19-9-4-10-20-35/h2-3,5-8,11-18H,4,9-10,19-21H2,1H3,(H,33,37). The lowest BCUT2D eigenvalue weighted by Crippen LogP contribution is -2.35. The SMILES string of the molecule is Cc1sc2nc(SCC(=O)Nc3ccc(S(=O)(=O)N4CCCCC4)cc3)n(-c3ccccc3)c(=O)c2c1-c1ccccc1. The van der Waals surface area contributed by atoms with Gasteiger partial charge in [0.15, 0.2) is 5.16 Å². The number of hydrogen-bond donors (Lipinski definition) is 1. The van der Waals surface area contributed by atoms with E-state index in [0.717, 1.165) is 35.3 Å². The van der Waals surface area contributed by atoms with E-state index in [2.05, 4.69) is 5.32 Å². The van der Waals surface area contributed by atoms with E-state index in [4.69, 9.17) is 4.98 Å². The van der Waals surface area contributed by atoms with Gasteiger partial charge in [-0.3, -0.25) is 14.2 Å². The second kappa shape index (κ2) is 12.5. The van der Waals surface area contributed by atoms with E-state index < -0.39 is 10.0 Å². The third-order valence-corrected chi connectivity index (χ3v) is 11.2. The van der Waals surface area contributed by atoms with Gasteiger partial charge in [-0.05, 0) is 61.7 Å². The van der Waals surface area contributed by atoms with Crippen LogP contribution < -0.4 is 10.9 Å². The molecule has 1 aliphatic heterocycles. The van der Waals surface area contributed by atoms with Gasteiger partial charge in [0.05, 0.1) is 21.7 Å². The molecule has 3 aromatic carbocycles. The second-order valence-electron chi connectivity index (χ2n) is 10.3. The van der Waals surface area contributed by atoms with Crippen LogP contribution >= 0.6 is 23.1 Å². The fraction of sp³-hybridized carbons (Fsp3) is 0.219. The van der Waals surface area contributed by atoms with Gasteiger partial charge in [-0.2, -0.15) is 4.31 Å². The number of para-hydroxylation sites is 1. The van der Waals surface area contributed by atoms with E-state index in [9.17, 15) is 18.0 Å². The topological polar surface area (TPSA) is 101 Å². The van der Waals surface area contributed by atoms with Crippen molar-refractivity contribution in [2.45, 2.75) is 36.2 Å². The van der Waals surface area contributed by atoms with E-state index >= 15 is 0 Å². The van der Waals surface area contributed by atoms with E-state index in [0.29, 0.717) is 39.8 Å². The highest BCUT2D eigenvalue weighted by Crippen LogP contribution is 2.37. The first-order chi connectivity index (χ1) is 20.8. The van der Waals surface area contributed by atoms with Gasteiger partial charge in [0, 0.05) is 29.2 Å². The zero-order valence-electron chi connectivity index (χ0n) is 23.5. The third kappa shape index (κ3) is 6.03. The van der Waals surface area contributed by atoms with Gasteiger partial charge in [0.2, 0.25) is 15.9 Å². The first kappa shape index (κ1) is 29.3. The molecule has 2 aromatic heterocycles. The summed E-state index contributed by atoms with van der Waals surface area (Å²) < 4.78 is 29.0. The maximum absolute atomic E-state index is 14.1. The van der Waals surface area contributed by atoms with Crippen molar-refractivity contribution in [2.24, 2.45) is 0 Å². The van der Waals surface area contributed by atoms with Crippen LogP contribution in [-0.4, -0.2) is 47.0 Å². The Hall–Kier alpha value is -3.77. The zero-order chi connectivity index (χ0) is 30.0. The Morgan fingerprint density at radius 2 is 1.58 bits per heavy atom. The summed E-state index contributed by atoms with van der Waals surface area (Å²) in [5, 5.41) is 3.82. The first-order valence-electron chi connectivity index (χ1n) is 14.0. The van der Waals surface area contributed by atoms with Gasteiger partial charge in [-0.25, -0.2) is 13.4 Å². The maximum Gasteiger partial charge on any atom is 0.268 e. The van der Waals surface area contributed by atoms with Crippen LogP contribution in [0, 0.1) is 6.92 Å². The Morgan fingerprint density at radius 1 is 0.930 bits per heavy atom. The number of piperidine rings is 1. The maximum atomic E-state index is 14.1. The number of amides is 1. The summed E-state index contributed by atoms with van der Waals surface area (Å²) in [5.74, 6) is -0.285. The molecule has 0 aliphatic carbocycles. The monoisotopic (exact) mass is 630 g/mol. The molecule has 5 aromatic rings. The van der Waals surface area contributed by atoms with Gasteiger partial charge in [-0.1, -0.05) is 66.7 Å². The average molecular weight is 631 g/mol. The number of aromatic nitrogens is 2. The lowest BCUT2D eigenvalue weighted by atomic mass is 10.0. The number of nitrogens with one attached hydrogen (secondary N) is 1. The normalized spacial score (nSPS) is 14.2. The molecule has 0 unspecified atom stereocenters. The molecule has 0 atom stereocenters.